The minimum absolute atomic E-state index is 0.0221. The first-order chi connectivity index (χ1) is 18.2. The molecular weight excluding hydrogens is 524 g/mol. The van der Waals surface area contributed by atoms with Crippen molar-refractivity contribution in [3.05, 3.63) is 107 Å². The summed E-state index contributed by atoms with van der Waals surface area (Å²) < 4.78 is 59.7. The molecule has 0 atom stereocenters. The number of pyridine rings is 1. The van der Waals surface area contributed by atoms with Gasteiger partial charge in [0.05, 0.1) is 33.5 Å². The van der Waals surface area contributed by atoms with E-state index in [2.05, 4.69) is 20.3 Å². The molecule has 0 unspecified atom stereocenters. The number of benzene rings is 3. The van der Waals surface area contributed by atoms with Gasteiger partial charge >= 0.3 is 6.18 Å². The van der Waals surface area contributed by atoms with E-state index in [0.29, 0.717) is 28.5 Å². The van der Waals surface area contributed by atoms with Gasteiger partial charge in [0.1, 0.15) is 5.75 Å². The average Bonchev–Trinajstić information content (AvgIpc) is 2.90. The lowest BCUT2D eigenvalue weighted by Gasteiger charge is -2.12. The smallest absolute Gasteiger partial charge is 0.417 e. The molecule has 0 spiro atoms. The van der Waals surface area contributed by atoms with E-state index in [-0.39, 0.29) is 17.0 Å². The maximum Gasteiger partial charge on any atom is 0.417 e. The molecule has 0 aliphatic carbocycles. The van der Waals surface area contributed by atoms with E-state index in [1.165, 1.54) is 12.1 Å². The van der Waals surface area contributed by atoms with Gasteiger partial charge in [0.2, 0.25) is 0 Å². The van der Waals surface area contributed by atoms with Gasteiger partial charge in [-0.2, -0.15) is 13.2 Å². The molecule has 5 aromatic rings. The first kappa shape index (κ1) is 25.1. The van der Waals surface area contributed by atoms with Crippen molar-refractivity contribution in [3.63, 3.8) is 0 Å². The van der Waals surface area contributed by atoms with Crippen LogP contribution in [0.2, 0.25) is 5.02 Å². The third-order valence-electron chi connectivity index (χ3n) is 5.42. The third-order valence-corrected chi connectivity index (χ3v) is 5.75. The Morgan fingerprint density at radius 1 is 0.947 bits per heavy atom. The third kappa shape index (κ3) is 5.40. The van der Waals surface area contributed by atoms with Crippen LogP contribution in [-0.2, 0) is 6.18 Å². The fourth-order valence-corrected chi connectivity index (χ4v) is 3.81. The van der Waals surface area contributed by atoms with Crippen LogP contribution in [-0.4, -0.2) is 20.9 Å². The summed E-state index contributed by atoms with van der Waals surface area (Å²) in [6.07, 6.45) is 0.207. The van der Waals surface area contributed by atoms with Gasteiger partial charge in [-0.1, -0.05) is 11.6 Å². The van der Waals surface area contributed by atoms with Crippen LogP contribution >= 0.6 is 11.6 Å². The molecule has 0 bridgehead atoms. The van der Waals surface area contributed by atoms with Gasteiger partial charge in [-0.3, -0.25) is 14.8 Å². The van der Waals surface area contributed by atoms with Gasteiger partial charge in [-0.25, -0.2) is 9.37 Å². The molecule has 0 saturated carbocycles. The number of anilines is 1. The molecular formula is C27H15ClF4N4O2. The second-order valence-corrected chi connectivity index (χ2v) is 8.45. The van der Waals surface area contributed by atoms with E-state index in [4.69, 9.17) is 16.3 Å². The summed E-state index contributed by atoms with van der Waals surface area (Å²) in [5.41, 5.74) is 1.12. The molecule has 6 nitrogen and oxygen atoms in total. The Labute approximate surface area is 217 Å². The number of nitrogens with one attached hydrogen (secondary N) is 1. The zero-order valence-corrected chi connectivity index (χ0v) is 19.9. The van der Waals surface area contributed by atoms with Crippen LogP contribution in [0.4, 0.5) is 23.2 Å². The largest absolute Gasteiger partial charge is 0.454 e. The number of carbonyl (C=O) groups excluding carboxylic acids is 1. The number of ether oxygens (including phenoxy) is 1. The van der Waals surface area contributed by atoms with Crippen molar-refractivity contribution in [2.24, 2.45) is 0 Å². The number of alkyl halides is 3. The Morgan fingerprint density at radius 3 is 2.53 bits per heavy atom. The summed E-state index contributed by atoms with van der Waals surface area (Å²) in [5, 5.41) is 1.83. The lowest BCUT2D eigenvalue weighted by molar-refractivity contribution is -0.137. The first-order valence-electron chi connectivity index (χ1n) is 11.0. The van der Waals surface area contributed by atoms with Gasteiger partial charge in [0, 0.05) is 41.3 Å². The molecule has 0 saturated heterocycles. The van der Waals surface area contributed by atoms with Crippen molar-refractivity contribution in [2.45, 2.75) is 6.18 Å². The fraction of sp³-hybridized carbons (Fsp3) is 0.0370. The van der Waals surface area contributed by atoms with E-state index >= 15 is 0 Å². The summed E-state index contributed by atoms with van der Waals surface area (Å²) in [6.45, 7) is 0. The summed E-state index contributed by atoms with van der Waals surface area (Å²) in [4.78, 5) is 25.5. The van der Waals surface area contributed by atoms with Crippen molar-refractivity contribution < 1.29 is 27.1 Å². The van der Waals surface area contributed by atoms with Crippen LogP contribution in [0.15, 0.2) is 85.3 Å². The Morgan fingerprint density at radius 2 is 1.79 bits per heavy atom. The molecule has 0 aliphatic heterocycles. The van der Waals surface area contributed by atoms with Crippen LogP contribution in [0, 0.1) is 5.82 Å². The highest BCUT2D eigenvalue weighted by molar-refractivity contribution is 6.31. The molecule has 0 radical (unpaired) electrons. The maximum absolute atomic E-state index is 14.8. The minimum Gasteiger partial charge on any atom is -0.454 e. The summed E-state index contributed by atoms with van der Waals surface area (Å²) in [5.74, 6) is -1.50. The van der Waals surface area contributed by atoms with Crippen LogP contribution in [0.1, 0.15) is 15.9 Å². The fourth-order valence-electron chi connectivity index (χ4n) is 3.58. The molecule has 38 heavy (non-hydrogen) atoms. The number of halogens is 5. The zero-order chi connectivity index (χ0) is 26.9. The van der Waals surface area contributed by atoms with Crippen molar-refractivity contribution in [1.29, 1.82) is 0 Å². The second kappa shape index (κ2) is 10.1. The molecule has 5 rings (SSSR count). The van der Waals surface area contributed by atoms with Crippen LogP contribution in [0.5, 0.6) is 11.5 Å². The van der Waals surface area contributed by atoms with Crippen molar-refractivity contribution >= 4 is 34.2 Å². The molecule has 3 aromatic carbocycles. The monoisotopic (exact) mass is 538 g/mol. The van der Waals surface area contributed by atoms with Crippen molar-refractivity contribution in [1.82, 2.24) is 15.0 Å². The number of rotatable bonds is 5. The highest BCUT2D eigenvalue weighted by atomic mass is 35.5. The van der Waals surface area contributed by atoms with E-state index in [1.54, 1.807) is 42.9 Å². The lowest BCUT2D eigenvalue weighted by atomic mass is 10.1. The number of hydrogen-bond acceptors (Lipinski definition) is 5. The number of fused-ring (bicyclic) bond motifs is 1. The Bertz CT molecular complexity index is 1660. The molecule has 190 valence electrons. The van der Waals surface area contributed by atoms with Gasteiger partial charge in [0.15, 0.2) is 11.6 Å². The normalized spacial score (nSPS) is 11.4. The van der Waals surface area contributed by atoms with Crippen LogP contribution < -0.4 is 10.1 Å². The van der Waals surface area contributed by atoms with E-state index < -0.39 is 28.5 Å². The van der Waals surface area contributed by atoms with E-state index in [9.17, 15) is 22.4 Å². The van der Waals surface area contributed by atoms with Crippen molar-refractivity contribution in [2.75, 3.05) is 5.32 Å². The SMILES string of the molecule is O=C(Nc1ccc(Oc2ccc3ncc(-c4cccnc4)nc3c2)c(F)c1)c1ccc(Cl)c(C(F)(F)F)c1. The number of nitrogens with zero attached hydrogens (tertiary/aromatic N) is 3. The molecule has 2 heterocycles. The molecule has 0 aliphatic rings. The summed E-state index contributed by atoms with van der Waals surface area (Å²) >= 11 is 5.59. The average molecular weight is 539 g/mol. The number of hydrogen-bond donors (Lipinski definition) is 1. The Balaban J connectivity index is 1.33. The Hall–Kier alpha value is -4.57. The van der Waals surface area contributed by atoms with E-state index in [0.717, 1.165) is 23.8 Å². The van der Waals surface area contributed by atoms with Gasteiger partial charge < -0.3 is 10.1 Å². The number of amides is 1. The maximum atomic E-state index is 14.8. The highest BCUT2D eigenvalue weighted by Crippen LogP contribution is 2.35. The molecule has 2 aromatic heterocycles. The summed E-state index contributed by atoms with van der Waals surface area (Å²) in [6, 6.07) is 14.9. The molecule has 0 fully saturated rings. The number of aromatic nitrogens is 3. The van der Waals surface area contributed by atoms with Gasteiger partial charge in [-0.05, 0) is 54.6 Å². The highest BCUT2D eigenvalue weighted by Gasteiger charge is 2.33. The van der Waals surface area contributed by atoms with Gasteiger partial charge in [0.25, 0.3) is 5.91 Å². The zero-order valence-electron chi connectivity index (χ0n) is 19.1. The van der Waals surface area contributed by atoms with E-state index in [1.807, 2.05) is 6.07 Å². The number of carbonyl (C=O) groups is 1. The van der Waals surface area contributed by atoms with Gasteiger partial charge in [-0.15, -0.1) is 0 Å². The molecule has 11 heteroatoms. The first-order valence-corrected chi connectivity index (χ1v) is 11.4. The molecule has 1 amide bonds. The predicted molar refractivity (Wildman–Crippen MR) is 134 cm³/mol. The topological polar surface area (TPSA) is 77.0 Å². The standard InChI is InChI=1S/C27H15ClF4N4O2/c28-20-6-3-15(10-19(20)27(30,31)32)26(37)35-17-4-8-25(21(29)11-17)38-18-5-7-22-23(12-18)36-24(14-34-22)16-2-1-9-33-13-16/h1-14H,(H,35,37). The van der Waals surface area contributed by atoms with Crippen LogP contribution in [0.3, 0.4) is 0 Å². The Kier molecular flexibility index (Phi) is 6.64. The summed E-state index contributed by atoms with van der Waals surface area (Å²) in [7, 11) is 0. The molecule has 1 N–H and O–H groups in total. The quantitative estimate of drug-likeness (QED) is 0.234. The minimum atomic E-state index is -4.73. The van der Waals surface area contributed by atoms with Crippen molar-refractivity contribution in [3.8, 4) is 22.8 Å². The second-order valence-electron chi connectivity index (χ2n) is 8.04. The van der Waals surface area contributed by atoms with Crippen LogP contribution in [0.25, 0.3) is 22.3 Å². The predicted octanol–water partition coefficient (Wildman–Crippen LogP) is 7.55. The lowest BCUT2D eigenvalue weighted by Crippen LogP contribution is -2.14.